The van der Waals surface area contributed by atoms with Crippen LogP contribution in [0.5, 0.6) is 0 Å². The van der Waals surface area contributed by atoms with Crippen molar-refractivity contribution in [3.05, 3.63) is 83.8 Å². The molecular formula is C32H45FN4O2. The molecule has 1 aliphatic carbocycles. The molecule has 2 atom stereocenters. The van der Waals surface area contributed by atoms with E-state index in [2.05, 4.69) is 29.1 Å². The van der Waals surface area contributed by atoms with Gasteiger partial charge in [0.25, 0.3) is 11.8 Å². The summed E-state index contributed by atoms with van der Waals surface area (Å²) in [7, 11) is 0. The molecule has 2 amide bonds. The third-order valence-electron chi connectivity index (χ3n) is 6.15. The molecule has 0 saturated heterocycles. The molecule has 2 aromatic carbocycles. The number of nitrogen functional groups attached to an aromatic ring is 1. The van der Waals surface area contributed by atoms with E-state index in [1.54, 1.807) is 30.5 Å². The van der Waals surface area contributed by atoms with Gasteiger partial charge in [0.1, 0.15) is 5.82 Å². The Morgan fingerprint density at radius 3 is 2.33 bits per heavy atom. The van der Waals surface area contributed by atoms with Crippen molar-refractivity contribution < 1.29 is 14.0 Å². The van der Waals surface area contributed by atoms with E-state index in [1.807, 2.05) is 33.8 Å². The van der Waals surface area contributed by atoms with Gasteiger partial charge in [-0.05, 0) is 74.6 Å². The Balaban J connectivity index is 0.000000391. The number of halogens is 1. The van der Waals surface area contributed by atoms with Crippen LogP contribution in [0.3, 0.4) is 0 Å². The number of aliphatic imine (C=N–C) groups is 1. The second-order valence-corrected chi connectivity index (χ2v) is 9.21. The number of anilines is 1. The van der Waals surface area contributed by atoms with Crippen molar-refractivity contribution in [2.24, 2.45) is 10.9 Å². The predicted molar refractivity (Wildman–Crippen MR) is 162 cm³/mol. The van der Waals surface area contributed by atoms with E-state index >= 15 is 0 Å². The highest BCUT2D eigenvalue weighted by atomic mass is 19.1. The molecule has 0 radical (unpaired) electrons. The van der Waals surface area contributed by atoms with E-state index in [4.69, 9.17) is 5.73 Å². The lowest BCUT2D eigenvalue weighted by atomic mass is 9.86. The molecule has 7 heteroatoms. The molecule has 2 aromatic rings. The Labute approximate surface area is 233 Å². The Morgan fingerprint density at radius 2 is 1.72 bits per heavy atom. The molecule has 0 spiro atoms. The van der Waals surface area contributed by atoms with E-state index < -0.39 is 0 Å². The van der Waals surface area contributed by atoms with Gasteiger partial charge < -0.3 is 16.4 Å². The summed E-state index contributed by atoms with van der Waals surface area (Å²) in [6.07, 6.45) is 11.7. The third kappa shape index (κ3) is 12.1. The molecule has 0 aromatic heterocycles. The normalized spacial score (nSPS) is 16.7. The predicted octanol–water partition coefficient (Wildman–Crippen LogP) is 7.75. The number of nitrogens with two attached hydrogens (primary N) is 1. The van der Waals surface area contributed by atoms with Crippen molar-refractivity contribution in [3.63, 3.8) is 0 Å². The summed E-state index contributed by atoms with van der Waals surface area (Å²) in [6, 6.07) is 11.0. The maximum atomic E-state index is 12.6. The molecule has 6 nitrogen and oxygen atoms in total. The van der Waals surface area contributed by atoms with Crippen LogP contribution < -0.4 is 16.4 Å². The number of rotatable bonds is 8. The number of nitrogens with one attached hydrogen (secondary N) is 2. The van der Waals surface area contributed by atoms with Gasteiger partial charge in [-0.1, -0.05) is 52.7 Å². The topological polar surface area (TPSA) is 96.6 Å². The number of carbonyl (C=O) groups excluding carboxylic acids is 2. The number of amides is 2. The number of allylic oxidation sites excluding steroid dienone is 3. The van der Waals surface area contributed by atoms with Gasteiger partial charge in [-0.3, -0.25) is 14.6 Å². The monoisotopic (exact) mass is 536 g/mol. The summed E-state index contributed by atoms with van der Waals surface area (Å²) in [5.41, 5.74) is 8.99. The first kappa shape index (κ1) is 33.3. The van der Waals surface area contributed by atoms with E-state index in [0.717, 1.165) is 18.5 Å². The van der Waals surface area contributed by atoms with Gasteiger partial charge in [0.2, 0.25) is 0 Å². The molecule has 212 valence electrons. The summed E-state index contributed by atoms with van der Waals surface area (Å²) < 4.78 is 12.6. The van der Waals surface area contributed by atoms with E-state index in [1.165, 1.54) is 43.5 Å². The summed E-state index contributed by atoms with van der Waals surface area (Å²) >= 11 is 0. The van der Waals surface area contributed by atoms with Crippen LogP contribution in [0, 0.1) is 11.7 Å². The molecule has 2 unspecified atom stereocenters. The van der Waals surface area contributed by atoms with Gasteiger partial charge in [0.05, 0.1) is 11.4 Å². The molecular weight excluding hydrogens is 491 g/mol. The number of hydrogen-bond acceptors (Lipinski definition) is 4. The van der Waals surface area contributed by atoms with Gasteiger partial charge in [0.15, 0.2) is 0 Å². The maximum Gasteiger partial charge on any atom is 0.255 e. The first-order valence-electron chi connectivity index (χ1n) is 13.8. The maximum absolute atomic E-state index is 12.6. The lowest BCUT2D eigenvalue weighted by Gasteiger charge is -2.29. The zero-order chi connectivity index (χ0) is 29.2. The minimum atomic E-state index is -0.340. The summed E-state index contributed by atoms with van der Waals surface area (Å²) in [5.74, 6) is -0.0555. The molecule has 1 fully saturated rings. The van der Waals surface area contributed by atoms with Crippen molar-refractivity contribution in [1.29, 1.82) is 0 Å². The first-order chi connectivity index (χ1) is 18.7. The first-order valence-corrected chi connectivity index (χ1v) is 13.8. The highest BCUT2D eigenvalue weighted by Crippen LogP contribution is 2.26. The van der Waals surface area contributed by atoms with E-state index in [0.29, 0.717) is 34.8 Å². The average Bonchev–Trinajstić information content (AvgIpc) is 2.93. The Kier molecular flexibility index (Phi) is 15.8. The zero-order valence-corrected chi connectivity index (χ0v) is 24.1. The highest BCUT2D eigenvalue weighted by molar-refractivity contribution is 5.96. The van der Waals surface area contributed by atoms with Crippen molar-refractivity contribution >= 4 is 29.4 Å². The second kappa shape index (κ2) is 18.5. The zero-order valence-electron chi connectivity index (χ0n) is 24.1. The number of carbonyl (C=O) groups is 2. The summed E-state index contributed by atoms with van der Waals surface area (Å²) in [4.78, 5) is 28.3. The largest absolute Gasteiger partial charge is 0.397 e. The Hall–Kier alpha value is -3.74. The van der Waals surface area contributed by atoms with Crippen LogP contribution in [0.2, 0.25) is 0 Å². The van der Waals surface area contributed by atoms with Crippen molar-refractivity contribution in [2.45, 2.75) is 79.2 Å². The Morgan fingerprint density at radius 1 is 1.08 bits per heavy atom. The van der Waals surface area contributed by atoms with Crippen LogP contribution in [-0.4, -0.2) is 24.1 Å². The number of benzene rings is 2. The fourth-order valence-corrected chi connectivity index (χ4v) is 4.01. The lowest BCUT2D eigenvalue weighted by molar-refractivity contribution is 0.0909. The van der Waals surface area contributed by atoms with Crippen molar-refractivity contribution in [2.75, 3.05) is 5.73 Å². The van der Waals surface area contributed by atoms with Gasteiger partial charge >= 0.3 is 0 Å². The van der Waals surface area contributed by atoms with Crippen LogP contribution in [0.1, 0.15) is 93.9 Å². The van der Waals surface area contributed by atoms with Crippen LogP contribution in [0.15, 0.2) is 71.9 Å². The van der Waals surface area contributed by atoms with E-state index in [9.17, 15) is 14.0 Å². The minimum Gasteiger partial charge on any atom is -0.397 e. The van der Waals surface area contributed by atoms with E-state index in [-0.39, 0.29) is 23.7 Å². The summed E-state index contributed by atoms with van der Waals surface area (Å²) in [5, 5.41) is 5.87. The van der Waals surface area contributed by atoms with Crippen molar-refractivity contribution in [1.82, 2.24) is 10.6 Å². The molecule has 1 aliphatic rings. The van der Waals surface area contributed by atoms with Crippen LogP contribution in [0.4, 0.5) is 15.8 Å². The number of hydrogen-bond donors (Lipinski definition) is 3. The van der Waals surface area contributed by atoms with Crippen LogP contribution >= 0.6 is 0 Å². The van der Waals surface area contributed by atoms with Gasteiger partial charge in [0, 0.05) is 35.5 Å². The SMILES string of the molecule is C=CCC=Nc1cc(C(=O)NC2CCCCC2C)ccc1N.CC.CC/C=C(\C)NC(=O)c1ccc(F)cc1. The molecule has 39 heavy (non-hydrogen) atoms. The lowest BCUT2D eigenvalue weighted by Crippen LogP contribution is -2.41. The Bertz CT molecular complexity index is 1110. The van der Waals surface area contributed by atoms with Crippen molar-refractivity contribution in [3.8, 4) is 0 Å². The highest BCUT2D eigenvalue weighted by Gasteiger charge is 2.23. The minimum absolute atomic E-state index is 0.0427. The molecule has 0 bridgehead atoms. The second-order valence-electron chi connectivity index (χ2n) is 9.21. The molecule has 0 aliphatic heterocycles. The fourth-order valence-electron chi connectivity index (χ4n) is 4.01. The number of nitrogens with zero attached hydrogens (tertiary/aromatic N) is 1. The van der Waals surface area contributed by atoms with Crippen LogP contribution in [0.25, 0.3) is 0 Å². The quantitative estimate of drug-likeness (QED) is 0.183. The van der Waals surface area contributed by atoms with Gasteiger partial charge in [-0.2, -0.15) is 0 Å². The average molecular weight is 537 g/mol. The summed E-state index contributed by atoms with van der Waals surface area (Å²) in [6.45, 7) is 13.7. The standard InChI is InChI=1S/C18H25N3O.C12H14FNO.C2H6/c1-3-4-11-20-17-12-14(9-10-15(17)19)18(22)21-16-8-6-5-7-13(16)2;1-3-4-9(2)14-12(15)10-5-7-11(13)8-6-10;1-2/h3,9-13,16H,1,4-8,19H2,2H3,(H,21,22);4-8H,3H2,1-2H3,(H,14,15);1-2H3/b;9-4+;. The van der Waals surface area contributed by atoms with Gasteiger partial charge in [-0.25, -0.2) is 4.39 Å². The molecule has 3 rings (SSSR count). The van der Waals surface area contributed by atoms with Gasteiger partial charge in [-0.15, -0.1) is 6.58 Å². The molecule has 4 N–H and O–H groups in total. The fraction of sp³-hybridized carbons (Fsp3) is 0.406. The van der Waals surface area contributed by atoms with Crippen LogP contribution in [-0.2, 0) is 0 Å². The molecule has 1 saturated carbocycles. The third-order valence-corrected chi connectivity index (χ3v) is 6.15. The smallest absolute Gasteiger partial charge is 0.255 e. The molecule has 0 heterocycles.